The lowest BCUT2D eigenvalue weighted by molar-refractivity contribution is -0.125. The van der Waals surface area contributed by atoms with Gasteiger partial charge in [0.2, 0.25) is 5.91 Å². The number of rotatable bonds is 4. The maximum absolute atomic E-state index is 12.4. The second kappa shape index (κ2) is 7.81. The molecule has 29 heavy (non-hydrogen) atoms. The largest absolute Gasteiger partial charge is 0.355 e. The molecule has 0 unspecified atom stereocenters. The van der Waals surface area contributed by atoms with E-state index in [2.05, 4.69) is 20.4 Å². The third kappa shape index (κ3) is 3.69. The Balaban J connectivity index is 1.27. The van der Waals surface area contributed by atoms with E-state index in [0.717, 1.165) is 61.6 Å². The summed E-state index contributed by atoms with van der Waals surface area (Å²) in [5, 5.41) is 16.7. The fraction of sp³-hybridized carbons (Fsp3) is 0.455. The van der Waals surface area contributed by atoms with Crippen LogP contribution in [0.4, 0.5) is 5.82 Å². The zero-order valence-electron chi connectivity index (χ0n) is 16.5. The van der Waals surface area contributed by atoms with Crippen molar-refractivity contribution in [1.29, 1.82) is 0 Å². The second-order valence-corrected chi connectivity index (χ2v) is 8.10. The second-order valence-electron chi connectivity index (χ2n) is 8.10. The van der Waals surface area contributed by atoms with E-state index in [0.29, 0.717) is 0 Å². The number of anilines is 1. The Morgan fingerprint density at radius 3 is 2.45 bits per heavy atom. The predicted molar refractivity (Wildman–Crippen MR) is 112 cm³/mol. The summed E-state index contributed by atoms with van der Waals surface area (Å²) < 4.78 is 1.82. The summed E-state index contributed by atoms with van der Waals surface area (Å²) in [5.41, 5.74) is 1.74. The Bertz CT molecular complexity index is 987. The Morgan fingerprint density at radius 1 is 0.931 bits per heavy atom. The first-order valence-corrected chi connectivity index (χ1v) is 10.6. The Morgan fingerprint density at radius 2 is 1.69 bits per heavy atom. The van der Waals surface area contributed by atoms with E-state index in [9.17, 15) is 4.79 Å². The summed E-state index contributed by atoms with van der Waals surface area (Å²) in [6.07, 6.45) is 6.39. The quantitative estimate of drug-likeness (QED) is 0.741. The molecule has 1 aromatic carbocycles. The average Bonchev–Trinajstić information content (AvgIpc) is 3.45. The molecule has 0 radical (unpaired) electrons. The Labute approximate surface area is 170 Å². The third-order valence-electron chi connectivity index (χ3n) is 6.17. The van der Waals surface area contributed by atoms with Crippen molar-refractivity contribution in [1.82, 2.24) is 25.1 Å². The van der Waals surface area contributed by atoms with E-state index < -0.39 is 0 Å². The topological polar surface area (TPSA) is 75.4 Å². The maximum Gasteiger partial charge on any atom is 0.223 e. The van der Waals surface area contributed by atoms with Crippen LogP contribution in [-0.2, 0) is 4.79 Å². The first kappa shape index (κ1) is 18.1. The van der Waals surface area contributed by atoms with Crippen LogP contribution >= 0.6 is 0 Å². The highest BCUT2D eigenvalue weighted by Crippen LogP contribution is 2.26. The molecular weight excluding hydrogens is 364 g/mol. The van der Waals surface area contributed by atoms with Crippen LogP contribution in [0.15, 0.2) is 42.5 Å². The smallest absolute Gasteiger partial charge is 0.223 e. The molecule has 1 amide bonds. The molecule has 7 nitrogen and oxygen atoms in total. The highest BCUT2D eigenvalue weighted by atomic mass is 16.1. The van der Waals surface area contributed by atoms with Gasteiger partial charge >= 0.3 is 0 Å². The number of benzene rings is 1. The summed E-state index contributed by atoms with van der Waals surface area (Å²) >= 11 is 0. The highest BCUT2D eigenvalue weighted by molar-refractivity contribution is 5.79. The number of nitrogens with zero attached hydrogens (tertiary/aromatic N) is 5. The van der Waals surface area contributed by atoms with Gasteiger partial charge in [-0.3, -0.25) is 4.79 Å². The lowest BCUT2D eigenvalue weighted by Crippen LogP contribution is -2.46. The number of nitrogens with one attached hydrogen (secondary N) is 1. The van der Waals surface area contributed by atoms with Crippen LogP contribution < -0.4 is 10.2 Å². The first-order chi connectivity index (χ1) is 14.3. The minimum Gasteiger partial charge on any atom is -0.355 e. The fourth-order valence-corrected chi connectivity index (χ4v) is 4.48. The third-order valence-corrected chi connectivity index (χ3v) is 6.17. The number of aromatic nitrogens is 4. The molecule has 0 atom stereocenters. The molecule has 2 fully saturated rings. The van der Waals surface area contributed by atoms with Crippen LogP contribution in [0.25, 0.3) is 17.0 Å². The molecule has 7 heteroatoms. The van der Waals surface area contributed by atoms with Crippen LogP contribution in [0.3, 0.4) is 0 Å². The maximum atomic E-state index is 12.4. The monoisotopic (exact) mass is 390 g/mol. The zero-order chi connectivity index (χ0) is 19.6. The van der Waals surface area contributed by atoms with Crippen LogP contribution in [-0.4, -0.2) is 44.8 Å². The van der Waals surface area contributed by atoms with Crippen LogP contribution in [0.5, 0.6) is 0 Å². The van der Waals surface area contributed by atoms with Crippen LogP contribution in [0.2, 0.25) is 0 Å². The van der Waals surface area contributed by atoms with Gasteiger partial charge in [-0.05, 0) is 37.8 Å². The number of piperidine rings is 1. The van der Waals surface area contributed by atoms with Crippen molar-refractivity contribution in [2.24, 2.45) is 5.92 Å². The molecule has 0 spiro atoms. The number of amides is 1. The van der Waals surface area contributed by atoms with Gasteiger partial charge in [0.25, 0.3) is 0 Å². The number of hydrogen-bond acceptors (Lipinski definition) is 5. The zero-order valence-corrected chi connectivity index (χ0v) is 16.5. The van der Waals surface area contributed by atoms with Gasteiger partial charge in [0, 0.05) is 30.6 Å². The summed E-state index contributed by atoms with van der Waals surface area (Å²) in [4.78, 5) is 14.7. The number of carbonyl (C=O) groups is 1. The number of fused-ring (bicyclic) bond motifs is 1. The van der Waals surface area contributed by atoms with E-state index in [1.165, 1.54) is 12.8 Å². The van der Waals surface area contributed by atoms with Gasteiger partial charge in [-0.25, -0.2) is 0 Å². The van der Waals surface area contributed by atoms with Crippen molar-refractivity contribution in [3.8, 4) is 11.4 Å². The lowest BCUT2D eigenvalue weighted by Gasteiger charge is -2.33. The summed E-state index contributed by atoms with van der Waals surface area (Å²) in [5.74, 6) is 2.18. The first-order valence-electron chi connectivity index (χ1n) is 10.6. The van der Waals surface area contributed by atoms with Crippen molar-refractivity contribution < 1.29 is 4.79 Å². The molecule has 3 aromatic rings. The van der Waals surface area contributed by atoms with Crippen molar-refractivity contribution in [3.05, 3.63) is 42.5 Å². The Hall–Kier alpha value is -2.96. The van der Waals surface area contributed by atoms with E-state index in [1.807, 2.05) is 47.0 Å². The predicted octanol–water partition coefficient (Wildman–Crippen LogP) is 3.07. The number of carbonyl (C=O) groups excluding carboxylic acids is 1. The minimum absolute atomic E-state index is 0.238. The normalized spacial score (nSPS) is 18.4. The molecule has 1 saturated heterocycles. The van der Waals surface area contributed by atoms with E-state index >= 15 is 0 Å². The van der Waals surface area contributed by atoms with Crippen molar-refractivity contribution in [2.45, 2.75) is 44.6 Å². The molecule has 1 N–H and O–H groups in total. The average molecular weight is 390 g/mol. The molecular formula is C22H26N6O. The summed E-state index contributed by atoms with van der Waals surface area (Å²) in [6.45, 7) is 1.77. The Kier molecular flexibility index (Phi) is 4.87. The molecule has 2 aliphatic rings. The standard InChI is InChI=1S/C22H26N6O/c29-22(17-8-4-5-9-17)23-18-12-14-27(15-13-18)20-11-10-19-24-25-21(28(19)26-20)16-6-2-1-3-7-16/h1-3,6-7,10-11,17-18H,4-5,8-9,12-15H2,(H,23,29). The fourth-order valence-electron chi connectivity index (χ4n) is 4.48. The molecule has 3 heterocycles. The summed E-state index contributed by atoms with van der Waals surface area (Å²) in [6, 6.07) is 14.3. The highest BCUT2D eigenvalue weighted by Gasteiger charge is 2.27. The molecule has 1 aliphatic heterocycles. The van der Waals surface area contributed by atoms with E-state index in [1.54, 1.807) is 0 Å². The van der Waals surface area contributed by atoms with Crippen molar-refractivity contribution >= 4 is 17.4 Å². The van der Waals surface area contributed by atoms with E-state index in [4.69, 9.17) is 5.10 Å². The van der Waals surface area contributed by atoms with Gasteiger partial charge in [0.15, 0.2) is 11.5 Å². The molecule has 2 aromatic heterocycles. The van der Waals surface area contributed by atoms with Gasteiger partial charge in [-0.15, -0.1) is 15.3 Å². The lowest BCUT2D eigenvalue weighted by atomic mass is 10.0. The van der Waals surface area contributed by atoms with Crippen molar-refractivity contribution in [2.75, 3.05) is 18.0 Å². The van der Waals surface area contributed by atoms with Gasteiger partial charge < -0.3 is 10.2 Å². The van der Waals surface area contributed by atoms with Gasteiger partial charge in [0.1, 0.15) is 5.82 Å². The summed E-state index contributed by atoms with van der Waals surface area (Å²) in [7, 11) is 0. The number of hydrogen-bond donors (Lipinski definition) is 1. The molecule has 5 rings (SSSR count). The van der Waals surface area contributed by atoms with Gasteiger partial charge in [-0.1, -0.05) is 43.2 Å². The van der Waals surface area contributed by atoms with Crippen molar-refractivity contribution in [3.63, 3.8) is 0 Å². The molecule has 1 saturated carbocycles. The van der Waals surface area contributed by atoms with Crippen LogP contribution in [0, 0.1) is 5.92 Å². The van der Waals surface area contributed by atoms with Gasteiger partial charge in [-0.2, -0.15) is 4.52 Å². The molecule has 150 valence electrons. The van der Waals surface area contributed by atoms with Crippen LogP contribution in [0.1, 0.15) is 38.5 Å². The molecule has 1 aliphatic carbocycles. The minimum atomic E-state index is 0.238. The van der Waals surface area contributed by atoms with Gasteiger partial charge in [0.05, 0.1) is 0 Å². The molecule has 0 bridgehead atoms. The SMILES string of the molecule is O=C(NC1CCN(c2ccc3nnc(-c4ccccc4)n3n2)CC1)C1CCCC1. The van der Waals surface area contributed by atoms with E-state index in [-0.39, 0.29) is 17.9 Å².